The monoisotopic (exact) mass is 168 g/mol. The number of imidazole rings is 1. The SMILES string of the molecule is Cc1nc(C(C)(C)C)n(N)c1N. The second-order valence-corrected chi connectivity index (χ2v) is 4.03. The molecule has 1 rings (SSSR count). The number of nitrogens with two attached hydrogens (primary N) is 2. The molecule has 0 unspecified atom stereocenters. The van der Waals surface area contributed by atoms with Crippen molar-refractivity contribution in [3.63, 3.8) is 0 Å². The lowest BCUT2D eigenvalue weighted by Crippen LogP contribution is -2.24. The molecule has 0 aromatic carbocycles. The molecule has 4 N–H and O–H groups in total. The van der Waals surface area contributed by atoms with Crippen LogP contribution in [0.4, 0.5) is 5.82 Å². The zero-order valence-electron chi connectivity index (χ0n) is 8.05. The van der Waals surface area contributed by atoms with Gasteiger partial charge in [-0.05, 0) is 6.92 Å². The van der Waals surface area contributed by atoms with Gasteiger partial charge in [-0.3, -0.25) is 0 Å². The molecule has 0 fully saturated rings. The zero-order chi connectivity index (χ0) is 9.52. The standard InChI is InChI=1S/C8H16N4/c1-5-6(9)12(10)7(11-5)8(2,3)4/h9-10H2,1-4H3. The molecule has 0 aliphatic carbocycles. The van der Waals surface area contributed by atoms with E-state index in [1.54, 1.807) is 0 Å². The van der Waals surface area contributed by atoms with Crippen LogP contribution in [-0.2, 0) is 5.41 Å². The summed E-state index contributed by atoms with van der Waals surface area (Å²) >= 11 is 0. The molecule has 0 amide bonds. The van der Waals surface area contributed by atoms with Crippen molar-refractivity contribution in [1.29, 1.82) is 0 Å². The summed E-state index contributed by atoms with van der Waals surface area (Å²) in [5.74, 6) is 7.08. The van der Waals surface area contributed by atoms with Crippen molar-refractivity contribution < 1.29 is 0 Å². The smallest absolute Gasteiger partial charge is 0.145 e. The van der Waals surface area contributed by atoms with Gasteiger partial charge < -0.3 is 11.6 Å². The number of hydrogen-bond acceptors (Lipinski definition) is 3. The van der Waals surface area contributed by atoms with Crippen LogP contribution in [0.3, 0.4) is 0 Å². The minimum atomic E-state index is -0.0584. The van der Waals surface area contributed by atoms with Gasteiger partial charge in [0.25, 0.3) is 0 Å². The minimum Gasteiger partial charge on any atom is -0.382 e. The average molecular weight is 168 g/mol. The van der Waals surface area contributed by atoms with Gasteiger partial charge in [0.2, 0.25) is 0 Å². The Morgan fingerprint density at radius 2 is 1.83 bits per heavy atom. The van der Waals surface area contributed by atoms with Gasteiger partial charge in [-0.2, -0.15) is 0 Å². The van der Waals surface area contributed by atoms with E-state index in [2.05, 4.69) is 25.8 Å². The zero-order valence-corrected chi connectivity index (χ0v) is 8.05. The molecule has 0 saturated heterocycles. The highest BCUT2D eigenvalue weighted by atomic mass is 15.4. The molecule has 0 aliphatic heterocycles. The van der Waals surface area contributed by atoms with Crippen molar-refractivity contribution >= 4 is 5.82 Å². The Labute approximate surface area is 72.5 Å². The molecule has 68 valence electrons. The molecule has 12 heavy (non-hydrogen) atoms. The first-order valence-corrected chi connectivity index (χ1v) is 3.94. The Hall–Kier alpha value is -1.19. The molecular formula is C8H16N4. The summed E-state index contributed by atoms with van der Waals surface area (Å²) in [4.78, 5) is 4.29. The number of aromatic nitrogens is 2. The lowest BCUT2D eigenvalue weighted by atomic mass is 9.96. The van der Waals surface area contributed by atoms with Crippen molar-refractivity contribution in [2.45, 2.75) is 33.1 Å². The predicted molar refractivity (Wildman–Crippen MR) is 50.2 cm³/mol. The van der Waals surface area contributed by atoms with Gasteiger partial charge in [0, 0.05) is 5.41 Å². The van der Waals surface area contributed by atoms with E-state index in [9.17, 15) is 0 Å². The fourth-order valence-electron chi connectivity index (χ4n) is 1.09. The molecule has 0 atom stereocenters. The Kier molecular flexibility index (Phi) is 1.78. The van der Waals surface area contributed by atoms with Gasteiger partial charge in [0.05, 0.1) is 5.69 Å². The maximum Gasteiger partial charge on any atom is 0.145 e. The van der Waals surface area contributed by atoms with Crippen LogP contribution in [0.1, 0.15) is 32.3 Å². The average Bonchev–Trinajstić information content (AvgIpc) is 2.15. The second-order valence-electron chi connectivity index (χ2n) is 4.03. The van der Waals surface area contributed by atoms with Crippen molar-refractivity contribution in [3.8, 4) is 0 Å². The van der Waals surface area contributed by atoms with Gasteiger partial charge in [-0.25, -0.2) is 9.66 Å². The van der Waals surface area contributed by atoms with E-state index in [0.717, 1.165) is 11.5 Å². The number of hydrogen-bond donors (Lipinski definition) is 2. The summed E-state index contributed by atoms with van der Waals surface area (Å²) in [7, 11) is 0. The normalized spacial score (nSPS) is 12.0. The molecule has 0 saturated carbocycles. The molecule has 4 heteroatoms. The summed E-state index contributed by atoms with van der Waals surface area (Å²) in [6, 6.07) is 0. The fraction of sp³-hybridized carbons (Fsp3) is 0.625. The van der Waals surface area contributed by atoms with E-state index < -0.39 is 0 Å². The van der Waals surface area contributed by atoms with Gasteiger partial charge in [-0.15, -0.1) is 0 Å². The lowest BCUT2D eigenvalue weighted by molar-refractivity contribution is 0.531. The fourth-order valence-corrected chi connectivity index (χ4v) is 1.09. The van der Waals surface area contributed by atoms with E-state index in [1.807, 2.05) is 6.92 Å². The first-order valence-electron chi connectivity index (χ1n) is 3.94. The Morgan fingerprint density at radius 3 is 2.00 bits per heavy atom. The molecule has 0 spiro atoms. The van der Waals surface area contributed by atoms with Crippen LogP contribution in [0, 0.1) is 6.92 Å². The molecule has 1 heterocycles. The second kappa shape index (κ2) is 2.40. The maximum absolute atomic E-state index is 5.72. The topological polar surface area (TPSA) is 69.9 Å². The summed E-state index contributed by atoms with van der Waals surface area (Å²) in [5.41, 5.74) is 6.41. The Balaban J connectivity index is 3.28. The lowest BCUT2D eigenvalue weighted by Gasteiger charge is -2.17. The van der Waals surface area contributed by atoms with Crippen molar-refractivity contribution in [3.05, 3.63) is 11.5 Å². The molecule has 0 bridgehead atoms. The van der Waals surface area contributed by atoms with E-state index >= 15 is 0 Å². The molecule has 1 aromatic heterocycles. The van der Waals surface area contributed by atoms with E-state index in [-0.39, 0.29) is 5.41 Å². The quantitative estimate of drug-likeness (QED) is 0.562. The van der Waals surface area contributed by atoms with Crippen molar-refractivity contribution in [1.82, 2.24) is 9.66 Å². The number of nitrogen functional groups attached to an aromatic ring is 2. The van der Waals surface area contributed by atoms with Gasteiger partial charge in [0.15, 0.2) is 0 Å². The van der Waals surface area contributed by atoms with Crippen LogP contribution in [0.5, 0.6) is 0 Å². The summed E-state index contributed by atoms with van der Waals surface area (Å²) in [5, 5.41) is 0. The maximum atomic E-state index is 5.72. The number of aryl methyl sites for hydroxylation is 1. The van der Waals surface area contributed by atoms with Gasteiger partial charge >= 0.3 is 0 Å². The van der Waals surface area contributed by atoms with Crippen LogP contribution < -0.4 is 11.6 Å². The van der Waals surface area contributed by atoms with Crippen LogP contribution in [-0.4, -0.2) is 9.66 Å². The van der Waals surface area contributed by atoms with Crippen LogP contribution in [0.15, 0.2) is 0 Å². The highest BCUT2D eigenvalue weighted by molar-refractivity contribution is 5.38. The van der Waals surface area contributed by atoms with Crippen LogP contribution in [0.25, 0.3) is 0 Å². The van der Waals surface area contributed by atoms with E-state index in [0.29, 0.717) is 5.82 Å². The molecular weight excluding hydrogens is 152 g/mol. The highest BCUT2D eigenvalue weighted by Gasteiger charge is 2.22. The third kappa shape index (κ3) is 1.24. The molecule has 1 aromatic rings. The molecule has 0 radical (unpaired) electrons. The third-order valence-corrected chi connectivity index (χ3v) is 1.80. The molecule has 0 aliphatic rings. The van der Waals surface area contributed by atoms with Gasteiger partial charge in [-0.1, -0.05) is 20.8 Å². The Bertz CT molecular complexity index is 293. The highest BCUT2D eigenvalue weighted by Crippen LogP contribution is 2.22. The van der Waals surface area contributed by atoms with Crippen LogP contribution >= 0.6 is 0 Å². The largest absolute Gasteiger partial charge is 0.382 e. The third-order valence-electron chi connectivity index (χ3n) is 1.80. The Morgan fingerprint density at radius 1 is 1.33 bits per heavy atom. The van der Waals surface area contributed by atoms with Crippen molar-refractivity contribution in [2.24, 2.45) is 0 Å². The summed E-state index contributed by atoms with van der Waals surface area (Å²) in [6.45, 7) is 8.01. The number of rotatable bonds is 0. The van der Waals surface area contributed by atoms with Crippen LogP contribution in [0.2, 0.25) is 0 Å². The first kappa shape index (κ1) is 8.90. The van der Waals surface area contributed by atoms with Crippen molar-refractivity contribution in [2.75, 3.05) is 11.6 Å². The van der Waals surface area contributed by atoms with Gasteiger partial charge in [0.1, 0.15) is 11.6 Å². The van der Waals surface area contributed by atoms with E-state index in [1.165, 1.54) is 4.68 Å². The summed E-state index contributed by atoms with van der Waals surface area (Å²) in [6.07, 6.45) is 0. The minimum absolute atomic E-state index is 0.0584. The number of nitrogens with zero attached hydrogens (tertiary/aromatic N) is 2. The predicted octanol–water partition coefficient (Wildman–Crippen LogP) is 0.785. The number of anilines is 1. The van der Waals surface area contributed by atoms with E-state index in [4.69, 9.17) is 11.6 Å². The summed E-state index contributed by atoms with van der Waals surface area (Å²) < 4.78 is 1.45. The first-order chi connectivity index (χ1) is 5.34. The molecule has 4 nitrogen and oxygen atoms in total.